The fraction of sp³-hybridized carbons (Fsp3) is 0.933. The number of amides is 1. The number of hydrogen-bond acceptors (Lipinski definition) is 2. The van der Waals surface area contributed by atoms with E-state index in [4.69, 9.17) is 0 Å². The number of hydrogen-bond donors (Lipinski definition) is 2. The highest BCUT2D eigenvalue weighted by molar-refractivity contribution is 5.85. The van der Waals surface area contributed by atoms with Gasteiger partial charge in [-0.1, -0.05) is 47.5 Å². The maximum absolute atomic E-state index is 12.3. The third-order valence-corrected chi connectivity index (χ3v) is 3.08. The number of carbonyl (C=O) groups is 1. The van der Waals surface area contributed by atoms with Crippen LogP contribution >= 0.6 is 0 Å². The molecular weight excluding hydrogens is 224 g/mol. The Hall–Kier alpha value is -0.570. The Labute approximate surface area is 113 Å². The highest BCUT2D eigenvalue weighted by atomic mass is 16.2. The molecule has 0 saturated heterocycles. The van der Waals surface area contributed by atoms with Gasteiger partial charge in [-0.3, -0.25) is 4.79 Å². The highest BCUT2D eigenvalue weighted by Crippen LogP contribution is 2.18. The molecule has 0 fully saturated rings. The molecule has 18 heavy (non-hydrogen) atoms. The fourth-order valence-corrected chi connectivity index (χ4v) is 1.71. The molecule has 0 aromatic heterocycles. The van der Waals surface area contributed by atoms with Crippen molar-refractivity contribution < 1.29 is 4.79 Å². The van der Waals surface area contributed by atoms with Crippen molar-refractivity contribution in [3.63, 3.8) is 0 Å². The van der Waals surface area contributed by atoms with Crippen molar-refractivity contribution in [3.05, 3.63) is 0 Å². The van der Waals surface area contributed by atoms with Gasteiger partial charge in [-0.25, -0.2) is 0 Å². The predicted octanol–water partition coefficient (Wildman–Crippen LogP) is 3.10. The average Bonchev–Trinajstić information content (AvgIpc) is 2.30. The van der Waals surface area contributed by atoms with E-state index in [-0.39, 0.29) is 11.3 Å². The van der Waals surface area contributed by atoms with Gasteiger partial charge in [0.25, 0.3) is 0 Å². The quantitative estimate of drug-likeness (QED) is 0.700. The van der Waals surface area contributed by atoms with Crippen molar-refractivity contribution in [2.24, 2.45) is 5.41 Å². The summed E-state index contributed by atoms with van der Waals surface area (Å²) in [6.45, 7) is 14.4. The fourth-order valence-electron chi connectivity index (χ4n) is 1.71. The summed E-state index contributed by atoms with van der Waals surface area (Å²) in [4.78, 5) is 12.3. The molecule has 1 atom stereocenters. The van der Waals surface area contributed by atoms with E-state index in [1.807, 2.05) is 6.92 Å². The summed E-state index contributed by atoms with van der Waals surface area (Å²) in [6, 6.07) is 0. The second kappa shape index (κ2) is 7.78. The molecule has 0 aliphatic rings. The summed E-state index contributed by atoms with van der Waals surface area (Å²) < 4.78 is 0. The van der Waals surface area contributed by atoms with E-state index in [2.05, 4.69) is 45.3 Å². The minimum atomic E-state index is -0.432. The first-order valence-electron chi connectivity index (χ1n) is 7.28. The molecule has 0 spiro atoms. The second-order valence-electron chi connectivity index (χ2n) is 6.61. The van der Waals surface area contributed by atoms with E-state index in [1.54, 1.807) is 0 Å². The molecule has 1 amide bonds. The standard InChI is InChI=1S/C15H32N2O/c1-7-9-10-15(6,13(18)16-11-8-2)17-12-14(3,4)5/h17H,7-12H2,1-6H3,(H,16,18). The van der Waals surface area contributed by atoms with Crippen molar-refractivity contribution in [2.75, 3.05) is 13.1 Å². The summed E-state index contributed by atoms with van der Waals surface area (Å²) in [6.07, 6.45) is 4.07. The van der Waals surface area contributed by atoms with Gasteiger partial charge in [0, 0.05) is 13.1 Å². The Morgan fingerprint density at radius 2 is 1.67 bits per heavy atom. The summed E-state index contributed by atoms with van der Waals surface area (Å²) in [5, 5.41) is 6.48. The van der Waals surface area contributed by atoms with Gasteiger partial charge in [0.1, 0.15) is 0 Å². The molecule has 0 aromatic rings. The predicted molar refractivity (Wildman–Crippen MR) is 78.7 cm³/mol. The van der Waals surface area contributed by atoms with Gasteiger partial charge in [0.2, 0.25) is 5.91 Å². The van der Waals surface area contributed by atoms with Gasteiger partial charge < -0.3 is 10.6 Å². The van der Waals surface area contributed by atoms with Crippen molar-refractivity contribution in [1.29, 1.82) is 0 Å². The zero-order valence-electron chi connectivity index (χ0n) is 13.2. The van der Waals surface area contributed by atoms with E-state index in [1.165, 1.54) is 0 Å². The Morgan fingerprint density at radius 1 is 1.06 bits per heavy atom. The molecule has 2 N–H and O–H groups in total. The van der Waals surface area contributed by atoms with Crippen LogP contribution in [0.1, 0.15) is 67.2 Å². The number of nitrogens with one attached hydrogen (secondary N) is 2. The van der Waals surface area contributed by atoms with Gasteiger partial charge in [-0.15, -0.1) is 0 Å². The molecular formula is C15H32N2O. The third kappa shape index (κ3) is 7.00. The summed E-state index contributed by atoms with van der Waals surface area (Å²) in [5.74, 6) is 0.141. The van der Waals surface area contributed by atoms with Gasteiger partial charge in [-0.2, -0.15) is 0 Å². The Balaban J connectivity index is 4.55. The monoisotopic (exact) mass is 256 g/mol. The molecule has 0 aromatic carbocycles. The maximum Gasteiger partial charge on any atom is 0.240 e. The van der Waals surface area contributed by atoms with Crippen LogP contribution in [0.15, 0.2) is 0 Å². The minimum absolute atomic E-state index is 0.141. The first-order valence-corrected chi connectivity index (χ1v) is 7.28. The van der Waals surface area contributed by atoms with Crippen molar-refractivity contribution >= 4 is 5.91 Å². The second-order valence-corrected chi connectivity index (χ2v) is 6.61. The van der Waals surface area contributed by atoms with Gasteiger partial charge in [0.15, 0.2) is 0 Å². The first-order chi connectivity index (χ1) is 8.25. The Bertz CT molecular complexity index is 245. The lowest BCUT2D eigenvalue weighted by molar-refractivity contribution is -0.127. The third-order valence-electron chi connectivity index (χ3n) is 3.08. The average molecular weight is 256 g/mol. The zero-order chi connectivity index (χ0) is 14.2. The molecule has 0 saturated carbocycles. The molecule has 0 rings (SSSR count). The van der Waals surface area contributed by atoms with Crippen LogP contribution in [0, 0.1) is 5.41 Å². The van der Waals surface area contributed by atoms with Crippen LogP contribution in [0.25, 0.3) is 0 Å². The lowest BCUT2D eigenvalue weighted by Gasteiger charge is -2.33. The molecule has 0 radical (unpaired) electrons. The van der Waals surface area contributed by atoms with E-state index in [0.717, 1.165) is 38.8 Å². The smallest absolute Gasteiger partial charge is 0.240 e. The SMILES string of the molecule is CCCCC(C)(NCC(C)(C)C)C(=O)NCCC. The topological polar surface area (TPSA) is 41.1 Å². The van der Waals surface area contributed by atoms with Crippen molar-refractivity contribution in [1.82, 2.24) is 10.6 Å². The lowest BCUT2D eigenvalue weighted by Crippen LogP contribution is -2.56. The van der Waals surface area contributed by atoms with Gasteiger partial charge >= 0.3 is 0 Å². The molecule has 0 aliphatic heterocycles. The first kappa shape index (κ1) is 17.4. The van der Waals surface area contributed by atoms with Crippen molar-refractivity contribution in [3.8, 4) is 0 Å². The van der Waals surface area contributed by atoms with Crippen molar-refractivity contribution in [2.45, 2.75) is 72.8 Å². The molecule has 1 unspecified atom stereocenters. The van der Waals surface area contributed by atoms with Crippen LogP contribution in [-0.2, 0) is 4.79 Å². The summed E-state index contributed by atoms with van der Waals surface area (Å²) in [7, 11) is 0. The van der Waals surface area contributed by atoms with E-state index < -0.39 is 5.54 Å². The van der Waals surface area contributed by atoms with Crippen LogP contribution in [0.4, 0.5) is 0 Å². The van der Waals surface area contributed by atoms with E-state index >= 15 is 0 Å². The van der Waals surface area contributed by atoms with Crippen LogP contribution in [-0.4, -0.2) is 24.5 Å². The molecule has 3 nitrogen and oxygen atoms in total. The van der Waals surface area contributed by atoms with E-state index in [9.17, 15) is 4.79 Å². The molecule has 0 bridgehead atoms. The zero-order valence-corrected chi connectivity index (χ0v) is 13.2. The molecule has 0 aliphatic carbocycles. The number of carbonyl (C=O) groups excluding carboxylic acids is 1. The maximum atomic E-state index is 12.3. The minimum Gasteiger partial charge on any atom is -0.355 e. The van der Waals surface area contributed by atoms with E-state index in [0.29, 0.717) is 0 Å². The van der Waals surface area contributed by atoms with Crippen LogP contribution in [0.5, 0.6) is 0 Å². The largest absolute Gasteiger partial charge is 0.355 e. The lowest BCUT2D eigenvalue weighted by atomic mass is 9.90. The molecule has 0 heterocycles. The summed E-state index contributed by atoms with van der Waals surface area (Å²) in [5.41, 5.74) is -0.239. The normalized spacial score (nSPS) is 15.2. The molecule has 3 heteroatoms. The molecule has 108 valence electrons. The van der Waals surface area contributed by atoms with Gasteiger partial charge in [0.05, 0.1) is 5.54 Å². The number of unbranched alkanes of at least 4 members (excludes halogenated alkanes) is 1. The Kier molecular flexibility index (Phi) is 7.53. The highest BCUT2D eigenvalue weighted by Gasteiger charge is 2.32. The Morgan fingerprint density at radius 3 is 2.11 bits per heavy atom. The van der Waals surface area contributed by atoms with Crippen LogP contribution < -0.4 is 10.6 Å². The summed E-state index contributed by atoms with van der Waals surface area (Å²) >= 11 is 0. The van der Waals surface area contributed by atoms with Crippen LogP contribution in [0.3, 0.4) is 0 Å². The van der Waals surface area contributed by atoms with Crippen LogP contribution in [0.2, 0.25) is 0 Å². The number of rotatable bonds is 8. The van der Waals surface area contributed by atoms with Gasteiger partial charge in [-0.05, 0) is 25.2 Å².